The lowest BCUT2D eigenvalue weighted by Gasteiger charge is -2.09. The molecule has 1 saturated carbocycles. The number of ether oxygens (including phenoxy) is 1. The second-order valence-electron chi connectivity index (χ2n) is 3.51. The number of fused-ring (bicyclic) bond motifs is 1. The van der Waals surface area contributed by atoms with Crippen LogP contribution in [0.5, 0.6) is 0 Å². The van der Waals surface area contributed by atoms with Gasteiger partial charge in [-0.15, -0.1) is 0 Å². The molecule has 2 unspecified atom stereocenters. The van der Waals surface area contributed by atoms with Crippen LogP contribution in [0.25, 0.3) is 0 Å². The molecule has 2 rings (SSSR count). The maximum atomic E-state index is 11.3. The molecule has 5 heteroatoms. The Bertz CT molecular complexity index is 231. The van der Waals surface area contributed by atoms with Crippen LogP contribution < -0.4 is 5.32 Å². The second kappa shape index (κ2) is 4.41. The summed E-state index contributed by atoms with van der Waals surface area (Å²) in [6.07, 6.45) is 1.04. The first-order valence-corrected chi connectivity index (χ1v) is 4.67. The first-order chi connectivity index (χ1) is 6.71. The zero-order chi connectivity index (χ0) is 10.6. The van der Waals surface area contributed by atoms with E-state index in [1.807, 2.05) is 6.92 Å². The van der Waals surface area contributed by atoms with Gasteiger partial charge in [-0.05, 0) is 25.8 Å². The first-order valence-electron chi connectivity index (χ1n) is 4.67. The Morgan fingerprint density at radius 1 is 1.79 bits per heavy atom. The summed E-state index contributed by atoms with van der Waals surface area (Å²) in [7, 11) is 0. The van der Waals surface area contributed by atoms with E-state index in [0.29, 0.717) is 12.5 Å². The van der Waals surface area contributed by atoms with E-state index in [4.69, 9.17) is 14.6 Å². The molecule has 0 aromatic rings. The van der Waals surface area contributed by atoms with Gasteiger partial charge in [0, 0.05) is 6.54 Å². The van der Waals surface area contributed by atoms with Crippen molar-refractivity contribution >= 4 is 12.4 Å². The van der Waals surface area contributed by atoms with Gasteiger partial charge < -0.3 is 15.2 Å². The molecule has 0 spiro atoms. The molecule has 2 aliphatic rings. The van der Waals surface area contributed by atoms with Crippen molar-refractivity contribution in [2.45, 2.75) is 13.3 Å². The van der Waals surface area contributed by atoms with Gasteiger partial charge in [-0.2, -0.15) is 0 Å². The van der Waals surface area contributed by atoms with Gasteiger partial charge in [0.1, 0.15) is 0 Å². The van der Waals surface area contributed by atoms with Crippen LogP contribution in [0.15, 0.2) is 0 Å². The van der Waals surface area contributed by atoms with Gasteiger partial charge in [0.25, 0.3) is 6.47 Å². The molecular weight excluding hydrogens is 186 g/mol. The molecule has 5 nitrogen and oxygen atoms in total. The minimum atomic E-state index is -0.250. The molecule has 2 N–H and O–H groups in total. The molecular formula is C9H15NO4. The highest BCUT2D eigenvalue weighted by Crippen LogP contribution is 2.55. The predicted molar refractivity (Wildman–Crippen MR) is 48.7 cm³/mol. The standard InChI is InChI=1S/C8H13NO2.CH2O2/c1-2-11-7(10)8-3-6(8)4-9-5-8;2-1-3/h6,9H,2-5H2,1H3;1H,(H,2,3). The van der Waals surface area contributed by atoms with Crippen molar-refractivity contribution in [3.63, 3.8) is 0 Å². The average Bonchev–Trinajstić information content (AvgIpc) is 2.72. The Labute approximate surface area is 82.4 Å². The highest BCUT2D eigenvalue weighted by Gasteiger charge is 2.63. The third-order valence-corrected chi connectivity index (χ3v) is 2.75. The fraction of sp³-hybridized carbons (Fsp3) is 0.778. The molecule has 1 aliphatic carbocycles. The van der Waals surface area contributed by atoms with Crippen molar-refractivity contribution < 1.29 is 19.4 Å². The number of piperidine rings is 1. The monoisotopic (exact) mass is 201 g/mol. The Morgan fingerprint density at radius 3 is 2.79 bits per heavy atom. The second-order valence-corrected chi connectivity index (χ2v) is 3.51. The van der Waals surface area contributed by atoms with Crippen LogP contribution >= 0.6 is 0 Å². The topological polar surface area (TPSA) is 75.6 Å². The zero-order valence-electron chi connectivity index (χ0n) is 8.16. The van der Waals surface area contributed by atoms with E-state index in [1.165, 1.54) is 0 Å². The molecule has 1 saturated heterocycles. The summed E-state index contributed by atoms with van der Waals surface area (Å²) in [6.45, 7) is 3.94. The normalized spacial score (nSPS) is 32.2. The van der Waals surface area contributed by atoms with Gasteiger partial charge >= 0.3 is 5.97 Å². The minimum Gasteiger partial charge on any atom is -0.483 e. The van der Waals surface area contributed by atoms with Gasteiger partial charge in [0.2, 0.25) is 0 Å². The van der Waals surface area contributed by atoms with E-state index in [0.717, 1.165) is 19.5 Å². The van der Waals surface area contributed by atoms with Crippen LogP contribution in [-0.4, -0.2) is 37.2 Å². The highest BCUT2D eigenvalue weighted by molar-refractivity contribution is 5.81. The van der Waals surface area contributed by atoms with Crippen molar-refractivity contribution in [2.24, 2.45) is 11.3 Å². The number of carboxylic acid groups (broad SMARTS) is 1. The number of rotatable bonds is 2. The average molecular weight is 201 g/mol. The third kappa shape index (κ3) is 1.87. The first kappa shape index (κ1) is 11.0. The number of carbonyl (C=O) groups is 2. The van der Waals surface area contributed by atoms with Crippen molar-refractivity contribution in [1.29, 1.82) is 0 Å². The van der Waals surface area contributed by atoms with E-state index < -0.39 is 0 Å². The molecule has 14 heavy (non-hydrogen) atoms. The number of hydrogen-bond donors (Lipinski definition) is 2. The van der Waals surface area contributed by atoms with E-state index in [-0.39, 0.29) is 17.9 Å². The third-order valence-electron chi connectivity index (χ3n) is 2.75. The fourth-order valence-electron chi connectivity index (χ4n) is 1.93. The molecule has 0 amide bonds. The van der Waals surface area contributed by atoms with Crippen LogP contribution in [0.3, 0.4) is 0 Å². The molecule has 2 atom stereocenters. The molecule has 80 valence electrons. The van der Waals surface area contributed by atoms with Gasteiger partial charge in [-0.25, -0.2) is 0 Å². The summed E-state index contributed by atoms with van der Waals surface area (Å²) >= 11 is 0. The van der Waals surface area contributed by atoms with Crippen molar-refractivity contribution in [3.8, 4) is 0 Å². The Hall–Kier alpha value is -1.10. The summed E-state index contributed by atoms with van der Waals surface area (Å²) < 4.78 is 4.99. The van der Waals surface area contributed by atoms with E-state index >= 15 is 0 Å². The van der Waals surface area contributed by atoms with Crippen molar-refractivity contribution in [1.82, 2.24) is 5.32 Å². The minimum absolute atomic E-state index is 0.00926. The van der Waals surface area contributed by atoms with Crippen LogP contribution in [0.4, 0.5) is 0 Å². The summed E-state index contributed by atoms with van der Waals surface area (Å²) in [5.41, 5.74) is -0.101. The van der Waals surface area contributed by atoms with Gasteiger partial charge in [-0.3, -0.25) is 9.59 Å². The molecule has 1 heterocycles. The molecule has 0 aromatic heterocycles. The Kier molecular flexibility index (Phi) is 3.46. The number of hydrogen-bond acceptors (Lipinski definition) is 4. The number of carbonyl (C=O) groups excluding carboxylic acids is 1. The molecule has 0 bridgehead atoms. The lowest BCUT2D eigenvalue weighted by molar-refractivity contribution is -0.149. The Balaban J connectivity index is 0.000000293. The predicted octanol–water partition coefficient (Wildman–Crippen LogP) is -0.140. The van der Waals surface area contributed by atoms with Gasteiger partial charge in [0.05, 0.1) is 12.0 Å². The van der Waals surface area contributed by atoms with E-state index in [1.54, 1.807) is 0 Å². The number of nitrogens with one attached hydrogen (secondary N) is 1. The molecule has 1 aliphatic heterocycles. The summed E-state index contributed by atoms with van der Waals surface area (Å²) in [6, 6.07) is 0. The largest absolute Gasteiger partial charge is 0.483 e. The molecule has 2 fully saturated rings. The maximum Gasteiger partial charge on any atom is 0.313 e. The van der Waals surface area contributed by atoms with Crippen molar-refractivity contribution in [2.75, 3.05) is 19.7 Å². The SMILES string of the molecule is CCOC(=O)C12CNCC1C2.O=CO. The van der Waals surface area contributed by atoms with Crippen LogP contribution in [0.2, 0.25) is 0 Å². The molecule has 0 aromatic carbocycles. The lowest BCUT2D eigenvalue weighted by atomic mass is 10.1. The summed E-state index contributed by atoms with van der Waals surface area (Å²) in [5.74, 6) is 0.580. The van der Waals surface area contributed by atoms with Crippen LogP contribution in [0, 0.1) is 11.3 Å². The Morgan fingerprint density at radius 2 is 2.43 bits per heavy atom. The van der Waals surface area contributed by atoms with E-state index in [2.05, 4.69) is 5.32 Å². The summed E-state index contributed by atoms with van der Waals surface area (Å²) in [4.78, 5) is 19.7. The van der Waals surface area contributed by atoms with Crippen molar-refractivity contribution in [3.05, 3.63) is 0 Å². The highest BCUT2D eigenvalue weighted by atomic mass is 16.5. The lowest BCUT2D eigenvalue weighted by Crippen LogP contribution is -2.25. The maximum absolute atomic E-state index is 11.3. The summed E-state index contributed by atoms with van der Waals surface area (Å²) in [5, 5.41) is 10.1. The zero-order valence-corrected chi connectivity index (χ0v) is 8.16. The van der Waals surface area contributed by atoms with Gasteiger partial charge in [-0.1, -0.05) is 0 Å². The number of esters is 1. The molecule has 0 radical (unpaired) electrons. The quantitative estimate of drug-likeness (QED) is 0.480. The van der Waals surface area contributed by atoms with Gasteiger partial charge in [0.15, 0.2) is 0 Å². The smallest absolute Gasteiger partial charge is 0.313 e. The van der Waals surface area contributed by atoms with E-state index in [9.17, 15) is 4.79 Å². The van der Waals surface area contributed by atoms with Crippen LogP contribution in [-0.2, 0) is 14.3 Å². The fourth-order valence-corrected chi connectivity index (χ4v) is 1.93. The van der Waals surface area contributed by atoms with Crippen LogP contribution in [0.1, 0.15) is 13.3 Å².